The van der Waals surface area contributed by atoms with Gasteiger partial charge in [0, 0.05) is 10.6 Å². The summed E-state index contributed by atoms with van der Waals surface area (Å²) in [6, 6.07) is 16.9. The molecule has 1 aliphatic heterocycles. The highest BCUT2D eigenvalue weighted by Crippen LogP contribution is 2.16. The van der Waals surface area contributed by atoms with Crippen LogP contribution < -0.4 is 14.5 Å². The van der Waals surface area contributed by atoms with E-state index in [9.17, 15) is 8.42 Å². The SMILES string of the molecule is CC(C)(C[NH+]1CC[NH+](Cc2ccccc2)CC1)NS(=O)(=O)c1ccc(Cl)cc1. The molecule has 28 heavy (non-hydrogen) atoms. The van der Waals surface area contributed by atoms with Crippen LogP contribution in [0.1, 0.15) is 19.4 Å². The predicted molar refractivity (Wildman–Crippen MR) is 112 cm³/mol. The summed E-state index contributed by atoms with van der Waals surface area (Å²) in [6.07, 6.45) is 0. The van der Waals surface area contributed by atoms with Gasteiger partial charge < -0.3 is 9.80 Å². The second-order valence-electron chi connectivity index (χ2n) is 8.28. The van der Waals surface area contributed by atoms with Crippen molar-refractivity contribution >= 4 is 21.6 Å². The van der Waals surface area contributed by atoms with Gasteiger partial charge in [-0.1, -0.05) is 41.9 Å². The van der Waals surface area contributed by atoms with E-state index in [1.807, 2.05) is 19.9 Å². The van der Waals surface area contributed by atoms with Crippen LogP contribution in [0.5, 0.6) is 0 Å². The van der Waals surface area contributed by atoms with Crippen molar-refractivity contribution in [2.24, 2.45) is 0 Å². The van der Waals surface area contributed by atoms with Crippen molar-refractivity contribution in [3.05, 3.63) is 65.2 Å². The maximum atomic E-state index is 12.7. The van der Waals surface area contributed by atoms with Crippen LogP contribution in [0.2, 0.25) is 5.02 Å². The van der Waals surface area contributed by atoms with E-state index < -0.39 is 15.6 Å². The molecule has 5 nitrogen and oxygen atoms in total. The van der Waals surface area contributed by atoms with Crippen LogP contribution in [0.25, 0.3) is 0 Å². The van der Waals surface area contributed by atoms with Crippen LogP contribution in [0.4, 0.5) is 0 Å². The van der Waals surface area contributed by atoms with Crippen LogP contribution in [0.3, 0.4) is 0 Å². The molecule has 0 spiro atoms. The maximum absolute atomic E-state index is 12.7. The Morgan fingerprint density at radius 2 is 1.50 bits per heavy atom. The van der Waals surface area contributed by atoms with Gasteiger partial charge in [-0.25, -0.2) is 8.42 Å². The lowest BCUT2D eigenvalue weighted by molar-refractivity contribution is -1.02. The first-order valence-corrected chi connectivity index (χ1v) is 11.6. The molecule has 2 aromatic carbocycles. The van der Waals surface area contributed by atoms with Crippen LogP contribution in [-0.2, 0) is 16.6 Å². The summed E-state index contributed by atoms with van der Waals surface area (Å²) in [5.41, 5.74) is 0.849. The van der Waals surface area contributed by atoms with E-state index in [-0.39, 0.29) is 4.90 Å². The third-order valence-electron chi connectivity index (χ3n) is 5.19. The summed E-state index contributed by atoms with van der Waals surface area (Å²) in [5.74, 6) is 0. The highest BCUT2D eigenvalue weighted by molar-refractivity contribution is 7.89. The Hall–Kier alpha value is -1.44. The first-order chi connectivity index (χ1) is 13.2. The van der Waals surface area contributed by atoms with Crippen molar-refractivity contribution < 1.29 is 18.2 Å². The molecule has 1 saturated heterocycles. The summed E-state index contributed by atoms with van der Waals surface area (Å²) in [6.45, 7) is 10.0. The van der Waals surface area contributed by atoms with Gasteiger partial charge in [0.2, 0.25) is 10.0 Å². The Balaban J connectivity index is 1.52. The van der Waals surface area contributed by atoms with Crippen molar-refractivity contribution in [1.29, 1.82) is 0 Å². The van der Waals surface area contributed by atoms with Gasteiger partial charge in [-0.3, -0.25) is 0 Å². The number of piperazine rings is 1. The molecule has 1 heterocycles. The number of rotatable bonds is 7. The second-order valence-corrected chi connectivity index (χ2v) is 10.4. The molecular weight excluding hydrogens is 394 g/mol. The zero-order valence-electron chi connectivity index (χ0n) is 16.5. The zero-order chi connectivity index (χ0) is 20.2. The van der Waals surface area contributed by atoms with Gasteiger partial charge in [0.1, 0.15) is 32.7 Å². The highest BCUT2D eigenvalue weighted by Gasteiger charge is 2.33. The molecule has 0 aromatic heterocycles. The molecule has 0 amide bonds. The predicted octanol–water partition coefficient (Wildman–Crippen LogP) is 0.381. The number of hydrogen-bond donors (Lipinski definition) is 3. The lowest BCUT2D eigenvalue weighted by Crippen LogP contribution is -3.28. The molecule has 0 unspecified atom stereocenters. The smallest absolute Gasteiger partial charge is 0.241 e. The lowest BCUT2D eigenvalue weighted by Gasteiger charge is -2.35. The molecule has 7 heteroatoms. The van der Waals surface area contributed by atoms with Crippen LogP contribution in [0, 0.1) is 0 Å². The highest BCUT2D eigenvalue weighted by atomic mass is 35.5. The quantitative estimate of drug-likeness (QED) is 0.603. The normalized spacial score (nSPS) is 20.8. The third-order valence-corrected chi connectivity index (χ3v) is 7.15. The van der Waals surface area contributed by atoms with Gasteiger partial charge in [0.05, 0.1) is 17.0 Å². The molecule has 3 rings (SSSR count). The minimum absolute atomic E-state index is 0.247. The number of hydrogen-bond acceptors (Lipinski definition) is 2. The minimum atomic E-state index is -3.56. The van der Waals surface area contributed by atoms with E-state index in [0.717, 1.165) is 39.3 Å². The molecule has 2 aromatic rings. The number of benzene rings is 2. The van der Waals surface area contributed by atoms with E-state index in [0.29, 0.717) is 5.02 Å². The van der Waals surface area contributed by atoms with Crippen molar-refractivity contribution in [3.8, 4) is 0 Å². The van der Waals surface area contributed by atoms with Gasteiger partial charge in [-0.05, 0) is 38.1 Å². The first kappa shape index (κ1) is 21.3. The van der Waals surface area contributed by atoms with Gasteiger partial charge in [-0.2, -0.15) is 4.72 Å². The van der Waals surface area contributed by atoms with Gasteiger partial charge in [-0.15, -0.1) is 0 Å². The summed E-state index contributed by atoms with van der Waals surface area (Å²) < 4.78 is 28.2. The van der Waals surface area contributed by atoms with E-state index >= 15 is 0 Å². The minimum Gasteiger partial charge on any atom is -0.324 e. The molecule has 0 bridgehead atoms. The fraction of sp³-hybridized carbons (Fsp3) is 0.429. The van der Waals surface area contributed by atoms with E-state index in [4.69, 9.17) is 11.6 Å². The largest absolute Gasteiger partial charge is 0.324 e. The van der Waals surface area contributed by atoms with Crippen LogP contribution >= 0.6 is 11.6 Å². The fourth-order valence-corrected chi connectivity index (χ4v) is 5.43. The van der Waals surface area contributed by atoms with E-state index in [1.54, 1.807) is 29.2 Å². The maximum Gasteiger partial charge on any atom is 0.241 e. The summed E-state index contributed by atoms with van der Waals surface area (Å²) in [7, 11) is -3.56. The average Bonchev–Trinajstić information content (AvgIpc) is 2.63. The van der Waals surface area contributed by atoms with Crippen molar-refractivity contribution in [2.75, 3.05) is 32.7 Å². The fourth-order valence-electron chi connectivity index (χ4n) is 3.89. The molecule has 1 fully saturated rings. The van der Waals surface area contributed by atoms with Gasteiger partial charge in [0.25, 0.3) is 0 Å². The monoisotopic (exact) mass is 423 g/mol. The zero-order valence-corrected chi connectivity index (χ0v) is 18.1. The number of sulfonamides is 1. The number of halogens is 1. The Kier molecular flexibility index (Phi) is 6.78. The molecule has 0 saturated carbocycles. The Morgan fingerprint density at radius 1 is 0.929 bits per heavy atom. The molecule has 1 aliphatic rings. The molecule has 152 valence electrons. The van der Waals surface area contributed by atoms with Gasteiger partial charge >= 0.3 is 0 Å². The summed E-state index contributed by atoms with van der Waals surface area (Å²) in [4.78, 5) is 3.28. The average molecular weight is 424 g/mol. The van der Waals surface area contributed by atoms with E-state index in [2.05, 4.69) is 29.0 Å². The van der Waals surface area contributed by atoms with Crippen molar-refractivity contribution in [3.63, 3.8) is 0 Å². The lowest BCUT2D eigenvalue weighted by atomic mass is 10.1. The summed E-state index contributed by atoms with van der Waals surface area (Å²) in [5, 5.41) is 0.526. The number of nitrogens with one attached hydrogen (secondary N) is 3. The van der Waals surface area contributed by atoms with Crippen molar-refractivity contribution in [2.45, 2.75) is 30.8 Å². The van der Waals surface area contributed by atoms with Gasteiger partial charge in [0.15, 0.2) is 0 Å². The molecule has 3 N–H and O–H groups in total. The van der Waals surface area contributed by atoms with Crippen molar-refractivity contribution in [1.82, 2.24) is 4.72 Å². The standard InChI is InChI=1S/C21H28ClN3O2S/c1-21(2,23-28(26,27)20-10-8-19(22)9-11-20)17-25-14-12-24(13-15-25)16-18-6-4-3-5-7-18/h3-11,23H,12-17H2,1-2H3/p+2. The second kappa shape index (κ2) is 8.93. The van der Waals surface area contributed by atoms with Crippen LogP contribution in [-0.4, -0.2) is 46.7 Å². The summed E-state index contributed by atoms with van der Waals surface area (Å²) >= 11 is 5.87. The molecular formula is C21H30ClN3O2S+2. The molecule has 0 aliphatic carbocycles. The Labute approximate surface area is 173 Å². The Bertz CT molecular complexity index is 862. The number of quaternary nitrogens is 2. The molecule has 0 radical (unpaired) electrons. The molecule has 0 atom stereocenters. The topological polar surface area (TPSA) is 55.1 Å². The third kappa shape index (κ3) is 6.03. The van der Waals surface area contributed by atoms with E-state index in [1.165, 1.54) is 10.5 Å². The first-order valence-electron chi connectivity index (χ1n) is 9.74. The Morgan fingerprint density at radius 3 is 2.11 bits per heavy atom. The van der Waals surface area contributed by atoms with Crippen LogP contribution in [0.15, 0.2) is 59.5 Å².